The molecule has 0 heterocycles. The molecule has 0 nitrogen and oxygen atoms in total. The van der Waals surface area contributed by atoms with Crippen LogP contribution in [0.3, 0.4) is 0 Å². The van der Waals surface area contributed by atoms with Crippen molar-refractivity contribution in [2.24, 2.45) is 5.41 Å². The molecule has 0 unspecified atom stereocenters. The Hall–Kier alpha value is -0.520. The molecule has 0 saturated heterocycles. The van der Waals surface area contributed by atoms with Gasteiger partial charge < -0.3 is 0 Å². The Kier molecular flexibility index (Phi) is 3.77. The minimum Gasteiger partial charge on any atom is -0.0877 e. The van der Waals surface area contributed by atoms with Crippen LogP contribution in [0.5, 0.6) is 0 Å². The standard InChI is InChI=1S/C13H22/c1-4-5-9-12(2)13(3)10-7-6-8-11-13/h4-5,9H,6-8,10-11H2,1-3H3/b5-4-,12-9+. The van der Waals surface area contributed by atoms with E-state index in [1.807, 2.05) is 0 Å². The molecule has 0 N–H and O–H groups in total. The maximum atomic E-state index is 2.42. The van der Waals surface area contributed by atoms with Crippen LogP contribution in [0.1, 0.15) is 52.9 Å². The lowest BCUT2D eigenvalue weighted by Crippen LogP contribution is -2.21. The van der Waals surface area contributed by atoms with Crippen molar-refractivity contribution >= 4 is 0 Å². The number of allylic oxidation sites excluding steroid dienone is 4. The Morgan fingerprint density at radius 3 is 2.31 bits per heavy atom. The van der Waals surface area contributed by atoms with Crippen LogP contribution in [0.2, 0.25) is 0 Å². The Bertz CT molecular complexity index is 202. The van der Waals surface area contributed by atoms with Crippen LogP contribution < -0.4 is 0 Å². The lowest BCUT2D eigenvalue weighted by atomic mass is 9.71. The number of hydrogen-bond acceptors (Lipinski definition) is 0. The highest BCUT2D eigenvalue weighted by Crippen LogP contribution is 2.41. The zero-order valence-electron chi connectivity index (χ0n) is 9.27. The van der Waals surface area contributed by atoms with Crippen molar-refractivity contribution in [3.8, 4) is 0 Å². The maximum Gasteiger partial charge on any atom is -0.0116 e. The summed E-state index contributed by atoms with van der Waals surface area (Å²) >= 11 is 0. The van der Waals surface area contributed by atoms with Crippen LogP contribution in [0, 0.1) is 5.41 Å². The van der Waals surface area contributed by atoms with Crippen molar-refractivity contribution in [1.29, 1.82) is 0 Å². The first-order chi connectivity index (χ1) is 6.19. The minimum atomic E-state index is 0.498. The second kappa shape index (κ2) is 4.64. The number of rotatable bonds is 2. The first kappa shape index (κ1) is 10.6. The van der Waals surface area contributed by atoms with Gasteiger partial charge in [-0.25, -0.2) is 0 Å². The van der Waals surface area contributed by atoms with Gasteiger partial charge in [-0.05, 0) is 32.1 Å². The molecule has 13 heavy (non-hydrogen) atoms. The van der Waals surface area contributed by atoms with Gasteiger partial charge in [-0.2, -0.15) is 0 Å². The van der Waals surface area contributed by atoms with Gasteiger partial charge in [-0.1, -0.05) is 50.0 Å². The first-order valence-corrected chi connectivity index (χ1v) is 5.49. The molecular formula is C13H22. The molecule has 0 aromatic carbocycles. The van der Waals surface area contributed by atoms with Crippen LogP contribution in [0.4, 0.5) is 0 Å². The number of hydrogen-bond donors (Lipinski definition) is 0. The van der Waals surface area contributed by atoms with Gasteiger partial charge in [0.25, 0.3) is 0 Å². The summed E-state index contributed by atoms with van der Waals surface area (Å²) in [6, 6.07) is 0. The lowest BCUT2D eigenvalue weighted by molar-refractivity contribution is 0.267. The molecule has 1 aliphatic carbocycles. The molecular weight excluding hydrogens is 156 g/mol. The Morgan fingerprint density at radius 1 is 1.15 bits per heavy atom. The van der Waals surface area contributed by atoms with Gasteiger partial charge in [0.15, 0.2) is 0 Å². The topological polar surface area (TPSA) is 0 Å². The summed E-state index contributed by atoms with van der Waals surface area (Å²) in [5.41, 5.74) is 2.06. The fraction of sp³-hybridized carbons (Fsp3) is 0.692. The van der Waals surface area contributed by atoms with E-state index in [1.165, 1.54) is 32.1 Å². The van der Waals surface area contributed by atoms with Crippen LogP contribution >= 0.6 is 0 Å². The van der Waals surface area contributed by atoms with Gasteiger partial charge >= 0.3 is 0 Å². The van der Waals surface area contributed by atoms with Crippen LogP contribution in [0.15, 0.2) is 23.8 Å². The quantitative estimate of drug-likeness (QED) is 0.547. The third-order valence-corrected chi connectivity index (χ3v) is 3.45. The Labute approximate surface area is 82.7 Å². The first-order valence-electron chi connectivity index (χ1n) is 5.49. The van der Waals surface area contributed by atoms with E-state index in [0.29, 0.717) is 5.41 Å². The van der Waals surface area contributed by atoms with Crippen LogP contribution in [-0.2, 0) is 0 Å². The van der Waals surface area contributed by atoms with Crippen molar-refractivity contribution in [2.45, 2.75) is 52.9 Å². The molecule has 0 bridgehead atoms. The highest BCUT2D eigenvalue weighted by molar-refractivity contribution is 5.17. The predicted molar refractivity (Wildman–Crippen MR) is 59.8 cm³/mol. The summed E-state index contributed by atoms with van der Waals surface area (Å²) in [6.07, 6.45) is 13.6. The largest absolute Gasteiger partial charge is 0.0877 e. The van der Waals surface area contributed by atoms with Crippen molar-refractivity contribution in [3.63, 3.8) is 0 Å². The summed E-state index contributed by atoms with van der Waals surface area (Å²) in [4.78, 5) is 0. The Balaban J connectivity index is 2.66. The van der Waals surface area contributed by atoms with E-state index in [2.05, 4.69) is 39.0 Å². The van der Waals surface area contributed by atoms with E-state index in [0.717, 1.165) is 0 Å². The molecule has 74 valence electrons. The van der Waals surface area contributed by atoms with Crippen molar-refractivity contribution < 1.29 is 0 Å². The van der Waals surface area contributed by atoms with Crippen molar-refractivity contribution in [3.05, 3.63) is 23.8 Å². The summed E-state index contributed by atoms with van der Waals surface area (Å²) in [7, 11) is 0. The van der Waals surface area contributed by atoms with Gasteiger partial charge in [0.1, 0.15) is 0 Å². The van der Waals surface area contributed by atoms with E-state index in [1.54, 1.807) is 5.57 Å². The maximum absolute atomic E-state index is 2.42. The molecule has 0 aromatic rings. The van der Waals surface area contributed by atoms with E-state index in [-0.39, 0.29) is 0 Å². The van der Waals surface area contributed by atoms with Crippen LogP contribution in [-0.4, -0.2) is 0 Å². The van der Waals surface area contributed by atoms with Gasteiger partial charge in [0.05, 0.1) is 0 Å². The third kappa shape index (κ3) is 2.72. The second-order valence-electron chi connectivity index (χ2n) is 4.50. The molecule has 0 radical (unpaired) electrons. The van der Waals surface area contributed by atoms with E-state index in [4.69, 9.17) is 0 Å². The zero-order valence-corrected chi connectivity index (χ0v) is 9.27. The van der Waals surface area contributed by atoms with Gasteiger partial charge in [-0.15, -0.1) is 0 Å². The monoisotopic (exact) mass is 178 g/mol. The summed E-state index contributed by atoms with van der Waals surface area (Å²) in [6.45, 7) is 6.78. The molecule has 0 amide bonds. The molecule has 1 rings (SSSR count). The average Bonchev–Trinajstić information content (AvgIpc) is 2.15. The summed E-state index contributed by atoms with van der Waals surface area (Å²) in [5.74, 6) is 0. The molecule has 0 spiro atoms. The molecule has 0 atom stereocenters. The SMILES string of the molecule is C/C=C\C=C(/C)C1(C)CCCCC1. The van der Waals surface area contributed by atoms with Gasteiger partial charge in [0, 0.05) is 0 Å². The molecule has 0 aliphatic heterocycles. The van der Waals surface area contributed by atoms with Crippen molar-refractivity contribution in [2.75, 3.05) is 0 Å². The van der Waals surface area contributed by atoms with E-state index < -0.39 is 0 Å². The highest BCUT2D eigenvalue weighted by Gasteiger charge is 2.27. The summed E-state index contributed by atoms with van der Waals surface area (Å²) < 4.78 is 0. The molecule has 0 aromatic heterocycles. The zero-order chi connectivity index (χ0) is 9.73. The Morgan fingerprint density at radius 2 is 1.77 bits per heavy atom. The average molecular weight is 178 g/mol. The molecule has 1 fully saturated rings. The van der Waals surface area contributed by atoms with Gasteiger partial charge in [0.2, 0.25) is 0 Å². The molecule has 1 aliphatic rings. The van der Waals surface area contributed by atoms with Crippen molar-refractivity contribution in [1.82, 2.24) is 0 Å². The normalized spacial score (nSPS) is 23.8. The minimum absolute atomic E-state index is 0.498. The fourth-order valence-electron chi connectivity index (χ4n) is 2.17. The van der Waals surface area contributed by atoms with Gasteiger partial charge in [-0.3, -0.25) is 0 Å². The molecule has 1 saturated carbocycles. The third-order valence-electron chi connectivity index (χ3n) is 3.45. The summed E-state index contributed by atoms with van der Waals surface area (Å²) in [5, 5.41) is 0. The smallest absolute Gasteiger partial charge is 0.0116 e. The molecule has 0 heteroatoms. The van der Waals surface area contributed by atoms with E-state index in [9.17, 15) is 0 Å². The predicted octanol–water partition coefficient (Wildman–Crippen LogP) is 4.48. The van der Waals surface area contributed by atoms with Crippen LogP contribution in [0.25, 0.3) is 0 Å². The lowest BCUT2D eigenvalue weighted by Gasteiger charge is -2.34. The second-order valence-corrected chi connectivity index (χ2v) is 4.50. The highest BCUT2D eigenvalue weighted by atomic mass is 14.3. The van der Waals surface area contributed by atoms with E-state index >= 15 is 0 Å². The fourth-order valence-corrected chi connectivity index (χ4v) is 2.17.